The number of carbonyl (C=O) groups is 1. The first-order valence-electron chi connectivity index (χ1n) is 7.70. The molecule has 1 fully saturated rings. The average molecular weight is 286 g/mol. The molecule has 0 radical (unpaired) electrons. The Bertz CT molecular complexity index is 616. The van der Waals surface area contributed by atoms with Gasteiger partial charge in [-0.2, -0.15) is 0 Å². The molecule has 1 aliphatic rings. The van der Waals surface area contributed by atoms with Gasteiger partial charge in [-0.25, -0.2) is 4.98 Å². The van der Waals surface area contributed by atoms with Gasteiger partial charge in [-0.3, -0.25) is 4.79 Å². The fourth-order valence-electron chi connectivity index (χ4n) is 3.08. The zero-order valence-electron chi connectivity index (χ0n) is 12.4. The Kier molecular flexibility index (Phi) is 4.20. The van der Waals surface area contributed by atoms with Gasteiger partial charge in [-0.05, 0) is 37.1 Å². The lowest BCUT2D eigenvalue weighted by molar-refractivity contribution is -0.132. The van der Waals surface area contributed by atoms with Crippen LogP contribution in [0.25, 0.3) is 11.0 Å². The summed E-state index contributed by atoms with van der Waals surface area (Å²) in [5.41, 5.74) is 1.89. The van der Waals surface area contributed by atoms with Gasteiger partial charge in [0.1, 0.15) is 5.65 Å². The molecule has 0 bridgehead atoms. The van der Waals surface area contributed by atoms with Crippen molar-refractivity contribution in [2.75, 3.05) is 19.6 Å². The van der Waals surface area contributed by atoms with E-state index in [0.29, 0.717) is 12.5 Å². The molecule has 21 heavy (non-hydrogen) atoms. The molecule has 3 heterocycles. The van der Waals surface area contributed by atoms with Crippen molar-refractivity contribution in [1.29, 1.82) is 0 Å². The maximum Gasteiger partial charge on any atom is 0.227 e. The highest BCUT2D eigenvalue weighted by molar-refractivity contribution is 5.87. The van der Waals surface area contributed by atoms with E-state index in [1.54, 1.807) is 6.20 Å². The first kappa shape index (κ1) is 14.1. The highest BCUT2D eigenvalue weighted by atomic mass is 16.2. The standard InChI is InChI=1S/C16H22N4O/c1-2-8-20(13-5-7-17-11-13)15(21)9-12-10-19-16-14(12)4-3-6-18-16/h3-4,6,10,13,17H,2,5,7-9,11H2,1H3,(H,18,19). The summed E-state index contributed by atoms with van der Waals surface area (Å²) in [7, 11) is 0. The van der Waals surface area contributed by atoms with Crippen molar-refractivity contribution in [3.63, 3.8) is 0 Å². The monoisotopic (exact) mass is 286 g/mol. The van der Waals surface area contributed by atoms with E-state index >= 15 is 0 Å². The van der Waals surface area contributed by atoms with Crippen molar-refractivity contribution in [3.8, 4) is 0 Å². The van der Waals surface area contributed by atoms with Crippen molar-refractivity contribution in [1.82, 2.24) is 20.2 Å². The number of amides is 1. The number of aromatic amines is 1. The van der Waals surface area contributed by atoms with Crippen LogP contribution in [0.5, 0.6) is 0 Å². The Morgan fingerprint density at radius 2 is 2.43 bits per heavy atom. The highest BCUT2D eigenvalue weighted by Gasteiger charge is 2.26. The highest BCUT2D eigenvalue weighted by Crippen LogP contribution is 2.18. The summed E-state index contributed by atoms with van der Waals surface area (Å²) in [5, 5.41) is 4.39. The Balaban J connectivity index is 1.77. The summed E-state index contributed by atoms with van der Waals surface area (Å²) in [6.45, 7) is 4.89. The van der Waals surface area contributed by atoms with E-state index in [1.807, 2.05) is 18.3 Å². The van der Waals surface area contributed by atoms with Crippen molar-refractivity contribution in [2.24, 2.45) is 0 Å². The molecular weight excluding hydrogens is 264 g/mol. The van der Waals surface area contributed by atoms with E-state index < -0.39 is 0 Å². The summed E-state index contributed by atoms with van der Waals surface area (Å²) in [5.74, 6) is 0.218. The predicted molar refractivity (Wildman–Crippen MR) is 83.1 cm³/mol. The molecule has 5 heteroatoms. The third-order valence-electron chi connectivity index (χ3n) is 4.14. The largest absolute Gasteiger partial charge is 0.346 e. The van der Waals surface area contributed by atoms with Crippen LogP contribution in [-0.4, -0.2) is 46.5 Å². The van der Waals surface area contributed by atoms with Gasteiger partial charge >= 0.3 is 0 Å². The molecule has 1 saturated heterocycles. The Morgan fingerprint density at radius 3 is 3.19 bits per heavy atom. The first-order valence-corrected chi connectivity index (χ1v) is 7.70. The van der Waals surface area contributed by atoms with Gasteiger partial charge in [0.05, 0.1) is 6.42 Å². The molecule has 0 spiro atoms. The zero-order chi connectivity index (χ0) is 14.7. The van der Waals surface area contributed by atoms with Gasteiger partial charge in [0.15, 0.2) is 0 Å². The number of pyridine rings is 1. The molecule has 2 aromatic rings. The molecule has 2 N–H and O–H groups in total. The molecule has 3 rings (SSSR count). The number of rotatable bonds is 5. The fourth-order valence-corrected chi connectivity index (χ4v) is 3.08. The number of nitrogens with zero attached hydrogens (tertiary/aromatic N) is 2. The third kappa shape index (κ3) is 2.93. The van der Waals surface area contributed by atoms with Crippen LogP contribution < -0.4 is 5.32 Å². The SMILES string of the molecule is CCCN(C(=O)Cc1c[nH]c2ncccc12)C1CCNC1. The van der Waals surface area contributed by atoms with Crippen LogP contribution in [0, 0.1) is 0 Å². The summed E-state index contributed by atoms with van der Waals surface area (Å²) >= 11 is 0. The number of fused-ring (bicyclic) bond motifs is 1. The van der Waals surface area contributed by atoms with Gasteiger partial charge in [-0.15, -0.1) is 0 Å². The Morgan fingerprint density at radius 1 is 1.52 bits per heavy atom. The molecule has 5 nitrogen and oxygen atoms in total. The van der Waals surface area contributed by atoms with Gasteiger partial charge in [-0.1, -0.05) is 6.92 Å². The maximum atomic E-state index is 12.7. The third-order valence-corrected chi connectivity index (χ3v) is 4.14. The molecule has 0 aromatic carbocycles. The summed E-state index contributed by atoms with van der Waals surface area (Å²) in [6, 6.07) is 4.28. The molecule has 1 amide bonds. The Labute approximate surface area is 124 Å². The molecule has 112 valence electrons. The van der Waals surface area contributed by atoms with Gasteiger partial charge < -0.3 is 15.2 Å². The quantitative estimate of drug-likeness (QED) is 0.879. The predicted octanol–water partition coefficient (Wildman–Crippen LogP) is 1.71. The average Bonchev–Trinajstić information content (AvgIpc) is 3.15. The molecule has 1 unspecified atom stereocenters. The molecule has 0 aliphatic carbocycles. The number of nitrogens with one attached hydrogen (secondary N) is 2. The van der Waals surface area contributed by atoms with Gasteiger partial charge in [0.2, 0.25) is 5.91 Å². The summed E-state index contributed by atoms with van der Waals surface area (Å²) in [4.78, 5) is 22.2. The number of carbonyl (C=O) groups excluding carboxylic acids is 1. The maximum absolute atomic E-state index is 12.7. The zero-order valence-corrected chi connectivity index (χ0v) is 12.4. The van der Waals surface area contributed by atoms with Crippen LogP contribution in [0.2, 0.25) is 0 Å². The Hall–Kier alpha value is -1.88. The molecule has 1 atom stereocenters. The number of aromatic nitrogens is 2. The minimum absolute atomic E-state index is 0.218. The summed E-state index contributed by atoms with van der Waals surface area (Å²) in [6.07, 6.45) is 6.17. The molecule has 0 saturated carbocycles. The summed E-state index contributed by atoms with van der Waals surface area (Å²) < 4.78 is 0. The fraction of sp³-hybridized carbons (Fsp3) is 0.500. The van der Waals surface area contributed by atoms with E-state index in [0.717, 1.165) is 49.1 Å². The lowest BCUT2D eigenvalue weighted by atomic mass is 10.1. The van der Waals surface area contributed by atoms with Crippen molar-refractivity contribution < 1.29 is 4.79 Å². The molecular formula is C16H22N4O. The van der Waals surface area contributed by atoms with Crippen LogP contribution in [0.1, 0.15) is 25.3 Å². The van der Waals surface area contributed by atoms with E-state index in [1.165, 1.54) is 0 Å². The minimum atomic E-state index is 0.218. The van der Waals surface area contributed by atoms with Crippen LogP contribution in [0.3, 0.4) is 0 Å². The van der Waals surface area contributed by atoms with E-state index in [-0.39, 0.29) is 5.91 Å². The van der Waals surface area contributed by atoms with Crippen LogP contribution in [-0.2, 0) is 11.2 Å². The number of H-pyrrole nitrogens is 1. The molecule has 1 aliphatic heterocycles. The minimum Gasteiger partial charge on any atom is -0.346 e. The topological polar surface area (TPSA) is 61.0 Å². The van der Waals surface area contributed by atoms with Crippen molar-refractivity contribution in [2.45, 2.75) is 32.2 Å². The number of hydrogen-bond donors (Lipinski definition) is 2. The second kappa shape index (κ2) is 6.26. The number of hydrogen-bond acceptors (Lipinski definition) is 3. The second-order valence-electron chi connectivity index (χ2n) is 5.62. The normalized spacial score (nSPS) is 18.2. The second-order valence-corrected chi connectivity index (χ2v) is 5.62. The lowest BCUT2D eigenvalue weighted by Gasteiger charge is -2.28. The smallest absolute Gasteiger partial charge is 0.227 e. The van der Waals surface area contributed by atoms with Crippen molar-refractivity contribution in [3.05, 3.63) is 30.1 Å². The van der Waals surface area contributed by atoms with E-state index in [4.69, 9.17) is 0 Å². The van der Waals surface area contributed by atoms with E-state index in [9.17, 15) is 4.79 Å². The van der Waals surface area contributed by atoms with Crippen LogP contribution in [0.4, 0.5) is 0 Å². The van der Waals surface area contributed by atoms with E-state index in [2.05, 4.69) is 27.1 Å². The van der Waals surface area contributed by atoms with Crippen LogP contribution in [0.15, 0.2) is 24.5 Å². The lowest BCUT2D eigenvalue weighted by Crippen LogP contribution is -2.42. The first-order chi connectivity index (χ1) is 10.3. The van der Waals surface area contributed by atoms with Crippen LogP contribution >= 0.6 is 0 Å². The molecule has 2 aromatic heterocycles. The van der Waals surface area contributed by atoms with Crippen molar-refractivity contribution >= 4 is 16.9 Å². The van der Waals surface area contributed by atoms with Gasteiger partial charge in [0, 0.05) is 36.9 Å². The van der Waals surface area contributed by atoms with Gasteiger partial charge in [0.25, 0.3) is 0 Å².